The van der Waals surface area contributed by atoms with Crippen LogP contribution < -0.4 is 0 Å². The number of aliphatic hydroxyl groups excluding tert-OH is 1. The number of rotatable bonds is 9. The smallest absolute Gasteiger partial charge is 0.0653 e. The van der Waals surface area contributed by atoms with E-state index in [0.29, 0.717) is 11.8 Å². The van der Waals surface area contributed by atoms with Gasteiger partial charge in [-0.15, -0.1) is 0 Å². The molecule has 2 aliphatic carbocycles. The lowest BCUT2D eigenvalue weighted by Gasteiger charge is -2.62. The van der Waals surface area contributed by atoms with Crippen molar-refractivity contribution in [1.82, 2.24) is 0 Å². The molecule has 5 atom stereocenters. The summed E-state index contributed by atoms with van der Waals surface area (Å²) in [6.45, 7) is 17.8. The van der Waals surface area contributed by atoms with E-state index < -0.39 is 5.60 Å². The van der Waals surface area contributed by atoms with Crippen LogP contribution in [0.25, 0.3) is 0 Å². The minimum Gasteiger partial charge on any atom is -0.393 e. The lowest BCUT2D eigenvalue weighted by Crippen LogP contribution is -2.60. The van der Waals surface area contributed by atoms with E-state index in [4.69, 9.17) is 0 Å². The Morgan fingerprint density at radius 3 is 1.97 bits per heavy atom. The minimum atomic E-state index is -0.601. The van der Waals surface area contributed by atoms with E-state index in [1.165, 1.54) is 16.7 Å². The van der Waals surface area contributed by atoms with E-state index in [-0.39, 0.29) is 16.9 Å². The number of fused-ring (bicyclic) bond motifs is 1. The van der Waals surface area contributed by atoms with Gasteiger partial charge in [0.1, 0.15) is 0 Å². The van der Waals surface area contributed by atoms with Gasteiger partial charge in [0.25, 0.3) is 0 Å². The van der Waals surface area contributed by atoms with Gasteiger partial charge in [-0.25, -0.2) is 0 Å². The molecule has 2 nitrogen and oxygen atoms in total. The van der Waals surface area contributed by atoms with Crippen LogP contribution in [0.3, 0.4) is 0 Å². The highest BCUT2D eigenvalue weighted by atomic mass is 16.3. The van der Waals surface area contributed by atoms with E-state index >= 15 is 0 Å². The van der Waals surface area contributed by atoms with Gasteiger partial charge in [0.2, 0.25) is 0 Å². The first kappa shape index (κ1) is 27.4. The Kier molecular flexibility index (Phi) is 9.45. The van der Waals surface area contributed by atoms with Crippen LogP contribution in [-0.2, 0) is 0 Å². The average molecular weight is 445 g/mol. The molecule has 1 unspecified atom stereocenters. The van der Waals surface area contributed by atoms with Gasteiger partial charge < -0.3 is 10.2 Å². The van der Waals surface area contributed by atoms with Crippen molar-refractivity contribution in [1.29, 1.82) is 0 Å². The van der Waals surface area contributed by atoms with Crippen LogP contribution in [0, 0.1) is 22.7 Å². The number of allylic oxidation sites excluding steroid dienone is 6. The van der Waals surface area contributed by atoms with Crippen LogP contribution in [-0.4, -0.2) is 21.9 Å². The normalized spacial score (nSPS) is 35.4. The third-order valence-corrected chi connectivity index (χ3v) is 9.07. The summed E-state index contributed by atoms with van der Waals surface area (Å²) in [5, 5.41) is 22.0. The van der Waals surface area contributed by atoms with Crippen molar-refractivity contribution in [2.45, 2.75) is 131 Å². The predicted molar refractivity (Wildman–Crippen MR) is 139 cm³/mol. The Morgan fingerprint density at radius 1 is 0.812 bits per heavy atom. The summed E-state index contributed by atoms with van der Waals surface area (Å²) in [4.78, 5) is 0. The highest BCUT2D eigenvalue weighted by molar-refractivity contribution is 5.10. The van der Waals surface area contributed by atoms with Gasteiger partial charge >= 0.3 is 0 Å². The molecule has 0 spiro atoms. The maximum Gasteiger partial charge on any atom is 0.0653 e. The molecule has 32 heavy (non-hydrogen) atoms. The maximum atomic E-state index is 11.4. The van der Waals surface area contributed by atoms with Gasteiger partial charge in [-0.2, -0.15) is 0 Å². The lowest BCUT2D eigenvalue weighted by molar-refractivity contribution is -0.195. The van der Waals surface area contributed by atoms with Crippen LogP contribution in [0.15, 0.2) is 34.9 Å². The Balaban J connectivity index is 1.94. The van der Waals surface area contributed by atoms with Crippen LogP contribution in [0.1, 0.15) is 120 Å². The quantitative estimate of drug-likeness (QED) is 0.352. The first-order valence-electron chi connectivity index (χ1n) is 13.2. The van der Waals surface area contributed by atoms with E-state index in [1.54, 1.807) is 0 Å². The SMILES string of the molecule is CC(C)=CCC/C(C)=C/CC/C(C)=C/CCC1[C@](C)(O)CC[C@H]2C(C)(C)[C@@H](O)CC[C@]12C. The molecule has 0 amide bonds. The first-order valence-corrected chi connectivity index (χ1v) is 13.2. The second-order valence-corrected chi connectivity index (χ2v) is 12.4. The Labute approximate surface area is 199 Å². The molecule has 184 valence electrons. The summed E-state index contributed by atoms with van der Waals surface area (Å²) in [5.74, 6) is 0.773. The van der Waals surface area contributed by atoms with Crippen molar-refractivity contribution in [3.8, 4) is 0 Å². The molecular weight excluding hydrogens is 392 g/mol. The fourth-order valence-corrected chi connectivity index (χ4v) is 6.99. The second kappa shape index (κ2) is 11.0. The molecular formula is C30H52O2. The Morgan fingerprint density at radius 2 is 1.38 bits per heavy atom. The molecule has 2 heteroatoms. The van der Waals surface area contributed by atoms with Gasteiger partial charge in [-0.05, 0) is 121 Å². The summed E-state index contributed by atoms with van der Waals surface area (Å²) in [5.41, 5.74) is 3.81. The van der Waals surface area contributed by atoms with Crippen molar-refractivity contribution >= 4 is 0 Å². The second-order valence-electron chi connectivity index (χ2n) is 12.4. The molecule has 0 aromatic rings. The van der Waals surface area contributed by atoms with Crippen molar-refractivity contribution in [3.05, 3.63) is 34.9 Å². The van der Waals surface area contributed by atoms with Gasteiger partial charge in [-0.1, -0.05) is 55.7 Å². The van der Waals surface area contributed by atoms with E-state index in [1.807, 2.05) is 0 Å². The Bertz CT molecular complexity index is 704. The fraction of sp³-hybridized carbons (Fsp3) is 0.800. The van der Waals surface area contributed by atoms with Crippen molar-refractivity contribution in [3.63, 3.8) is 0 Å². The molecule has 0 heterocycles. The largest absolute Gasteiger partial charge is 0.393 e. The molecule has 2 saturated carbocycles. The van der Waals surface area contributed by atoms with Crippen LogP contribution in [0.2, 0.25) is 0 Å². The maximum absolute atomic E-state index is 11.4. The summed E-state index contributed by atoms with van der Waals surface area (Å²) < 4.78 is 0. The van der Waals surface area contributed by atoms with E-state index in [0.717, 1.165) is 64.2 Å². The van der Waals surface area contributed by atoms with Crippen LogP contribution in [0.5, 0.6) is 0 Å². The third kappa shape index (κ3) is 6.60. The topological polar surface area (TPSA) is 40.5 Å². The van der Waals surface area contributed by atoms with Crippen LogP contribution >= 0.6 is 0 Å². The molecule has 0 aromatic carbocycles. The summed E-state index contributed by atoms with van der Waals surface area (Å²) in [6.07, 6.45) is 17.3. The molecule has 2 fully saturated rings. The van der Waals surface area contributed by atoms with Gasteiger partial charge in [0, 0.05) is 0 Å². The molecule has 2 N–H and O–H groups in total. The Hall–Kier alpha value is -0.860. The van der Waals surface area contributed by atoms with Gasteiger partial charge in [-0.3, -0.25) is 0 Å². The number of hydrogen-bond acceptors (Lipinski definition) is 2. The zero-order valence-corrected chi connectivity index (χ0v) is 22.4. The summed E-state index contributed by atoms with van der Waals surface area (Å²) in [6, 6.07) is 0. The minimum absolute atomic E-state index is 0.0662. The predicted octanol–water partition coefficient (Wildman–Crippen LogP) is 8.15. The highest BCUT2D eigenvalue weighted by Gasteiger charge is 2.59. The average Bonchev–Trinajstić information content (AvgIpc) is 2.67. The molecule has 0 aromatic heterocycles. The molecule has 0 saturated heterocycles. The number of hydrogen-bond donors (Lipinski definition) is 2. The van der Waals surface area contributed by atoms with E-state index in [9.17, 15) is 10.2 Å². The monoisotopic (exact) mass is 444 g/mol. The summed E-state index contributed by atoms with van der Waals surface area (Å²) in [7, 11) is 0. The van der Waals surface area contributed by atoms with Crippen molar-refractivity contribution < 1.29 is 10.2 Å². The first-order chi connectivity index (χ1) is 14.8. The molecule has 0 aliphatic heterocycles. The van der Waals surface area contributed by atoms with Crippen molar-refractivity contribution in [2.75, 3.05) is 0 Å². The standard InChI is InChI=1S/C30H52O2/c1-22(2)12-9-13-23(3)14-10-15-24(4)16-11-17-26-29(7)20-19-27(31)28(5,6)25(29)18-21-30(26,8)32/h12,14,16,25-27,31-32H,9-11,13,15,17-21H2,1-8H3/b23-14+,24-16+/t25-,26?,27-,29-,30+/m0/s1. The third-order valence-electron chi connectivity index (χ3n) is 9.07. The lowest BCUT2D eigenvalue weighted by atomic mass is 9.44. The number of aliphatic hydroxyl groups is 2. The van der Waals surface area contributed by atoms with Gasteiger partial charge in [0.05, 0.1) is 11.7 Å². The fourth-order valence-electron chi connectivity index (χ4n) is 6.99. The molecule has 0 bridgehead atoms. The zero-order chi connectivity index (χ0) is 24.2. The van der Waals surface area contributed by atoms with Gasteiger partial charge in [0.15, 0.2) is 0 Å². The van der Waals surface area contributed by atoms with Crippen LogP contribution in [0.4, 0.5) is 0 Å². The zero-order valence-electron chi connectivity index (χ0n) is 22.4. The highest BCUT2D eigenvalue weighted by Crippen LogP contribution is 2.62. The van der Waals surface area contributed by atoms with E-state index in [2.05, 4.69) is 73.6 Å². The summed E-state index contributed by atoms with van der Waals surface area (Å²) >= 11 is 0. The molecule has 2 rings (SSSR count). The molecule has 2 aliphatic rings. The van der Waals surface area contributed by atoms with Crippen molar-refractivity contribution in [2.24, 2.45) is 22.7 Å². The molecule has 0 radical (unpaired) electrons.